The maximum atomic E-state index is 12.5. The van der Waals surface area contributed by atoms with Gasteiger partial charge < -0.3 is 15.4 Å². The van der Waals surface area contributed by atoms with Crippen molar-refractivity contribution in [3.8, 4) is 0 Å². The third-order valence-corrected chi connectivity index (χ3v) is 4.46. The summed E-state index contributed by atoms with van der Waals surface area (Å²) in [6, 6.07) is 0.325. The van der Waals surface area contributed by atoms with Gasteiger partial charge in [-0.3, -0.25) is 4.79 Å². The minimum Gasteiger partial charge on any atom is -0.385 e. The molecular weight excluding hydrogens is 264 g/mol. The summed E-state index contributed by atoms with van der Waals surface area (Å²) in [5.41, 5.74) is -0.145. The predicted molar refractivity (Wildman–Crippen MR) is 78.7 cm³/mol. The van der Waals surface area contributed by atoms with E-state index >= 15 is 0 Å². The fraction of sp³-hybridized carbons (Fsp3) is 0.929. The van der Waals surface area contributed by atoms with Gasteiger partial charge in [-0.1, -0.05) is 12.8 Å². The number of rotatable bonds is 5. The van der Waals surface area contributed by atoms with Crippen LogP contribution in [0, 0.1) is 5.41 Å². The van der Waals surface area contributed by atoms with Gasteiger partial charge in [0.25, 0.3) is 0 Å². The van der Waals surface area contributed by atoms with Crippen LogP contribution in [0.3, 0.4) is 0 Å². The molecule has 0 spiro atoms. The quantitative estimate of drug-likeness (QED) is 0.813. The van der Waals surface area contributed by atoms with Gasteiger partial charge >= 0.3 is 0 Å². The summed E-state index contributed by atoms with van der Waals surface area (Å²) in [6.45, 7) is 2.70. The van der Waals surface area contributed by atoms with E-state index in [2.05, 4.69) is 10.6 Å². The SMILES string of the molecule is COCCC1(C(=O)NC2CCCNC2)CCCC1.Cl. The number of nitrogens with one attached hydrogen (secondary N) is 2. The van der Waals surface area contributed by atoms with Gasteiger partial charge in [0, 0.05) is 26.3 Å². The van der Waals surface area contributed by atoms with Crippen LogP contribution in [0.25, 0.3) is 0 Å². The highest BCUT2D eigenvalue weighted by atomic mass is 35.5. The maximum Gasteiger partial charge on any atom is 0.226 e. The lowest BCUT2D eigenvalue weighted by molar-refractivity contribution is -0.132. The molecular formula is C14H27ClN2O2. The summed E-state index contributed by atoms with van der Waals surface area (Å²) in [5.74, 6) is 0.269. The maximum absolute atomic E-state index is 12.5. The van der Waals surface area contributed by atoms with Crippen molar-refractivity contribution in [2.75, 3.05) is 26.8 Å². The number of amides is 1. The number of carbonyl (C=O) groups is 1. The molecule has 0 aromatic rings. The van der Waals surface area contributed by atoms with Crippen LogP contribution in [0.1, 0.15) is 44.9 Å². The van der Waals surface area contributed by atoms with Crippen LogP contribution < -0.4 is 10.6 Å². The Labute approximate surface area is 122 Å². The van der Waals surface area contributed by atoms with E-state index in [-0.39, 0.29) is 23.7 Å². The molecule has 1 aliphatic carbocycles. The third kappa shape index (κ3) is 4.33. The van der Waals surface area contributed by atoms with E-state index in [1.54, 1.807) is 7.11 Å². The van der Waals surface area contributed by atoms with Gasteiger partial charge in [0.05, 0.1) is 5.41 Å². The molecule has 1 heterocycles. The lowest BCUT2D eigenvalue weighted by Gasteiger charge is -2.31. The smallest absolute Gasteiger partial charge is 0.226 e. The summed E-state index contributed by atoms with van der Waals surface area (Å²) < 4.78 is 5.18. The van der Waals surface area contributed by atoms with E-state index in [0.29, 0.717) is 12.6 Å². The van der Waals surface area contributed by atoms with E-state index in [1.807, 2.05) is 0 Å². The first-order valence-electron chi connectivity index (χ1n) is 7.27. The first-order valence-corrected chi connectivity index (χ1v) is 7.27. The van der Waals surface area contributed by atoms with Crippen LogP contribution in [0.2, 0.25) is 0 Å². The Bertz CT molecular complexity index is 275. The second-order valence-corrected chi connectivity index (χ2v) is 5.75. The number of piperidine rings is 1. The molecule has 1 atom stereocenters. The molecule has 5 heteroatoms. The summed E-state index contributed by atoms with van der Waals surface area (Å²) in [5, 5.41) is 6.60. The van der Waals surface area contributed by atoms with Crippen molar-refractivity contribution in [3.05, 3.63) is 0 Å². The van der Waals surface area contributed by atoms with Gasteiger partial charge in [0.1, 0.15) is 0 Å². The number of hydrogen-bond donors (Lipinski definition) is 2. The molecule has 1 saturated heterocycles. The lowest BCUT2D eigenvalue weighted by atomic mass is 9.81. The Hall–Kier alpha value is -0.320. The third-order valence-electron chi connectivity index (χ3n) is 4.46. The molecule has 1 unspecified atom stereocenters. The average molecular weight is 291 g/mol. The van der Waals surface area contributed by atoms with Crippen molar-refractivity contribution >= 4 is 18.3 Å². The van der Waals surface area contributed by atoms with Crippen molar-refractivity contribution in [2.45, 2.75) is 51.0 Å². The van der Waals surface area contributed by atoms with Crippen molar-refractivity contribution < 1.29 is 9.53 Å². The zero-order valence-electron chi connectivity index (χ0n) is 11.9. The fourth-order valence-corrected chi connectivity index (χ4v) is 3.25. The van der Waals surface area contributed by atoms with Gasteiger partial charge in [0.15, 0.2) is 0 Å². The van der Waals surface area contributed by atoms with E-state index in [9.17, 15) is 4.79 Å². The number of halogens is 1. The Morgan fingerprint density at radius 3 is 2.68 bits per heavy atom. The van der Waals surface area contributed by atoms with Crippen molar-refractivity contribution in [1.82, 2.24) is 10.6 Å². The van der Waals surface area contributed by atoms with E-state index in [4.69, 9.17) is 4.74 Å². The molecule has 0 aromatic heterocycles. The highest BCUT2D eigenvalue weighted by molar-refractivity contribution is 5.85. The van der Waals surface area contributed by atoms with Crippen molar-refractivity contribution in [3.63, 3.8) is 0 Å². The van der Waals surface area contributed by atoms with Crippen LogP contribution in [0.5, 0.6) is 0 Å². The summed E-state index contributed by atoms with van der Waals surface area (Å²) >= 11 is 0. The molecule has 19 heavy (non-hydrogen) atoms. The summed E-state index contributed by atoms with van der Waals surface area (Å²) in [4.78, 5) is 12.5. The van der Waals surface area contributed by atoms with Crippen LogP contribution in [-0.4, -0.2) is 38.8 Å². The minimum absolute atomic E-state index is 0. The van der Waals surface area contributed by atoms with E-state index < -0.39 is 0 Å². The van der Waals surface area contributed by atoms with Crippen molar-refractivity contribution in [2.24, 2.45) is 5.41 Å². The molecule has 4 nitrogen and oxygen atoms in total. The lowest BCUT2D eigenvalue weighted by Crippen LogP contribution is -2.50. The Morgan fingerprint density at radius 2 is 2.11 bits per heavy atom. The highest BCUT2D eigenvalue weighted by Crippen LogP contribution is 2.41. The van der Waals surface area contributed by atoms with Gasteiger partial charge in [-0.15, -0.1) is 12.4 Å². The second-order valence-electron chi connectivity index (χ2n) is 5.75. The Balaban J connectivity index is 0.00000180. The predicted octanol–water partition coefficient (Wildman–Crippen LogP) is 1.87. The topological polar surface area (TPSA) is 50.4 Å². The summed E-state index contributed by atoms with van der Waals surface area (Å²) in [7, 11) is 1.71. The van der Waals surface area contributed by atoms with Crippen LogP contribution in [-0.2, 0) is 9.53 Å². The first-order chi connectivity index (χ1) is 8.77. The molecule has 2 N–H and O–H groups in total. The van der Waals surface area contributed by atoms with Crippen LogP contribution in [0.15, 0.2) is 0 Å². The monoisotopic (exact) mass is 290 g/mol. The van der Waals surface area contributed by atoms with Gasteiger partial charge in [-0.25, -0.2) is 0 Å². The average Bonchev–Trinajstić information content (AvgIpc) is 2.87. The molecule has 0 radical (unpaired) electrons. The van der Waals surface area contributed by atoms with Crippen molar-refractivity contribution in [1.29, 1.82) is 0 Å². The first kappa shape index (κ1) is 16.7. The van der Waals surface area contributed by atoms with Gasteiger partial charge in [-0.2, -0.15) is 0 Å². The molecule has 1 saturated carbocycles. The highest BCUT2D eigenvalue weighted by Gasteiger charge is 2.41. The number of ether oxygens (including phenoxy) is 1. The minimum atomic E-state index is -0.145. The fourth-order valence-electron chi connectivity index (χ4n) is 3.25. The Morgan fingerprint density at radius 1 is 1.37 bits per heavy atom. The zero-order valence-corrected chi connectivity index (χ0v) is 12.7. The molecule has 112 valence electrons. The zero-order chi connectivity index (χ0) is 12.8. The van der Waals surface area contributed by atoms with Gasteiger partial charge in [0.2, 0.25) is 5.91 Å². The Kier molecular flexibility index (Phi) is 7.11. The van der Waals surface area contributed by atoms with Gasteiger partial charge in [-0.05, 0) is 38.6 Å². The van der Waals surface area contributed by atoms with Crippen LogP contribution >= 0.6 is 12.4 Å². The molecule has 1 amide bonds. The van der Waals surface area contributed by atoms with E-state index in [0.717, 1.165) is 45.2 Å². The van der Waals surface area contributed by atoms with E-state index in [1.165, 1.54) is 12.8 Å². The summed E-state index contributed by atoms with van der Waals surface area (Å²) in [6.07, 6.45) is 7.56. The standard InChI is InChI=1S/C14H26N2O2.ClH/c1-18-10-8-14(6-2-3-7-14)13(17)16-12-5-4-9-15-11-12;/h12,15H,2-11H2,1H3,(H,16,17);1H. The molecule has 0 aromatic carbocycles. The van der Waals surface area contributed by atoms with Crippen LogP contribution in [0.4, 0.5) is 0 Å². The molecule has 2 aliphatic rings. The molecule has 1 aliphatic heterocycles. The molecule has 2 rings (SSSR count). The number of methoxy groups -OCH3 is 1. The number of hydrogen-bond acceptors (Lipinski definition) is 3. The molecule has 0 bridgehead atoms. The largest absolute Gasteiger partial charge is 0.385 e. The molecule has 2 fully saturated rings. The second kappa shape index (κ2) is 8.08. The normalized spacial score (nSPS) is 25.6. The number of carbonyl (C=O) groups excluding carboxylic acids is 1.